The van der Waals surface area contributed by atoms with E-state index in [1.54, 1.807) is 24.1 Å². The number of hydrogen-bond acceptors (Lipinski definition) is 4. The van der Waals surface area contributed by atoms with E-state index in [0.717, 1.165) is 18.7 Å². The van der Waals surface area contributed by atoms with Gasteiger partial charge in [0, 0.05) is 31.9 Å². The molecular weight excluding hydrogens is 308 g/mol. The molecule has 2 atom stereocenters. The predicted molar refractivity (Wildman–Crippen MR) is 86.0 cm³/mol. The molecule has 0 aromatic carbocycles. The highest BCUT2D eigenvalue weighted by atomic mass is 16.2. The molecule has 24 heavy (non-hydrogen) atoms. The number of aryl methyl sites for hydroxylation is 1. The van der Waals surface area contributed by atoms with Crippen molar-refractivity contribution in [3.8, 4) is 0 Å². The average molecular weight is 330 g/mol. The van der Waals surface area contributed by atoms with Crippen molar-refractivity contribution >= 4 is 5.91 Å². The van der Waals surface area contributed by atoms with E-state index >= 15 is 0 Å². The van der Waals surface area contributed by atoms with Crippen molar-refractivity contribution < 1.29 is 4.79 Å². The Bertz CT molecular complexity index is 773. The zero-order valence-corrected chi connectivity index (χ0v) is 13.7. The number of aromatic amines is 2. The zero-order chi connectivity index (χ0) is 16.7. The Morgan fingerprint density at radius 1 is 1.38 bits per heavy atom. The molecule has 2 N–H and O–H groups in total. The van der Waals surface area contributed by atoms with E-state index in [-0.39, 0.29) is 17.6 Å². The number of hydrogen-bond donors (Lipinski definition) is 2. The summed E-state index contributed by atoms with van der Waals surface area (Å²) in [4.78, 5) is 33.5. The standard InChI is InChI=1S/C16H22N6O2/c1-21-15(19-20-16(21)24)14-12(10-2-3-10)6-7-22(14)13(23)5-4-11-8-17-9-18-11/h8-10,12,14H,2-7H2,1H3,(H,17,18)(H,20,24). The van der Waals surface area contributed by atoms with E-state index in [2.05, 4.69) is 20.2 Å². The molecule has 0 spiro atoms. The molecule has 128 valence electrons. The van der Waals surface area contributed by atoms with Gasteiger partial charge in [-0.15, -0.1) is 0 Å². The van der Waals surface area contributed by atoms with Crippen LogP contribution in [0.4, 0.5) is 0 Å². The van der Waals surface area contributed by atoms with Gasteiger partial charge < -0.3 is 9.88 Å². The summed E-state index contributed by atoms with van der Waals surface area (Å²) in [6.07, 6.45) is 7.89. The van der Waals surface area contributed by atoms with Gasteiger partial charge in [0.05, 0.1) is 12.4 Å². The summed E-state index contributed by atoms with van der Waals surface area (Å²) < 4.78 is 1.54. The minimum atomic E-state index is -0.226. The molecule has 2 unspecified atom stereocenters. The summed E-state index contributed by atoms with van der Waals surface area (Å²) in [6.45, 7) is 0.745. The number of likely N-dealkylation sites (tertiary alicyclic amines) is 1. The SMILES string of the molecule is Cn1c(C2C(C3CC3)CCN2C(=O)CCc2cnc[nH]2)n[nH]c1=O. The van der Waals surface area contributed by atoms with Crippen molar-refractivity contribution in [1.82, 2.24) is 29.6 Å². The molecule has 1 saturated carbocycles. The third-order valence-corrected chi connectivity index (χ3v) is 5.33. The van der Waals surface area contributed by atoms with Crippen LogP contribution >= 0.6 is 0 Å². The van der Waals surface area contributed by atoms with Crippen LogP contribution in [0.2, 0.25) is 0 Å². The van der Waals surface area contributed by atoms with Gasteiger partial charge in [0.2, 0.25) is 5.91 Å². The number of carbonyl (C=O) groups is 1. The van der Waals surface area contributed by atoms with Crippen LogP contribution in [0.3, 0.4) is 0 Å². The van der Waals surface area contributed by atoms with Gasteiger partial charge in [-0.1, -0.05) is 0 Å². The van der Waals surface area contributed by atoms with Crippen molar-refractivity contribution in [3.05, 3.63) is 34.5 Å². The molecule has 8 nitrogen and oxygen atoms in total. The molecule has 1 aliphatic heterocycles. The highest BCUT2D eigenvalue weighted by Crippen LogP contribution is 2.49. The Morgan fingerprint density at radius 3 is 2.83 bits per heavy atom. The third-order valence-electron chi connectivity index (χ3n) is 5.33. The second kappa shape index (κ2) is 5.92. The van der Waals surface area contributed by atoms with Gasteiger partial charge in [-0.05, 0) is 37.5 Å². The number of imidazole rings is 1. The molecule has 4 rings (SSSR count). The first-order chi connectivity index (χ1) is 11.6. The Labute approximate surface area is 139 Å². The highest BCUT2D eigenvalue weighted by Gasteiger charge is 2.47. The number of aromatic nitrogens is 5. The summed E-state index contributed by atoms with van der Waals surface area (Å²) in [5.41, 5.74) is 0.737. The number of nitrogens with zero attached hydrogens (tertiary/aromatic N) is 4. The zero-order valence-electron chi connectivity index (χ0n) is 13.7. The van der Waals surface area contributed by atoms with Crippen LogP contribution in [0.15, 0.2) is 17.3 Å². The monoisotopic (exact) mass is 330 g/mol. The molecule has 2 aliphatic rings. The second-order valence-electron chi connectivity index (χ2n) is 6.84. The molecule has 1 amide bonds. The third kappa shape index (κ3) is 2.65. The van der Waals surface area contributed by atoms with E-state index in [9.17, 15) is 9.59 Å². The van der Waals surface area contributed by atoms with Gasteiger partial charge in [-0.2, -0.15) is 5.10 Å². The van der Waals surface area contributed by atoms with Crippen LogP contribution in [-0.4, -0.2) is 42.1 Å². The summed E-state index contributed by atoms with van der Waals surface area (Å²) in [5, 5.41) is 6.73. The van der Waals surface area contributed by atoms with Crippen LogP contribution in [0.25, 0.3) is 0 Å². The van der Waals surface area contributed by atoms with E-state index in [0.29, 0.717) is 30.5 Å². The van der Waals surface area contributed by atoms with Crippen molar-refractivity contribution in [2.45, 2.75) is 38.1 Å². The lowest BCUT2D eigenvalue weighted by molar-refractivity contribution is -0.132. The Balaban J connectivity index is 1.55. The number of carbonyl (C=O) groups excluding carboxylic acids is 1. The van der Waals surface area contributed by atoms with Crippen molar-refractivity contribution in [1.29, 1.82) is 0 Å². The van der Waals surface area contributed by atoms with Crippen LogP contribution in [-0.2, 0) is 18.3 Å². The molecule has 1 saturated heterocycles. The summed E-state index contributed by atoms with van der Waals surface area (Å²) in [6, 6.07) is -0.0873. The molecule has 0 bridgehead atoms. The average Bonchev–Trinajstić information content (AvgIpc) is 2.98. The quantitative estimate of drug-likeness (QED) is 0.845. The fourth-order valence-electron chi connectivity index (χ4n) is 3.88. The number of rotatable bonds is 5. The van der Waals surface area contributed by atoms with Gasteiger partial charge >= 0.3 is 5.69 Å². The largest absolute Gasteiger partial charge is 0.348 e. The molecule has 2 fully saturated rings. The van der Waals surface area contributed by atoms with Crippen molar-refractivity contribution in [2.75, 3.05) is 6.54 Å². The molecule has 1 aliphatic carbocycles. The topological polar surface area (TPSA) is 99.7 Å². The smallest absolute Gasteiger partial charge is 0.343 e. The van der Waals surface area contributed by atoms with E-state index in [1.165, 1.54) is 12.8 Å². The molecule has 2 aromatic rings. The van der Waals surface area contributed by atoms with Crippen molar-refractivity contribution in [3.63, 3.8) is 0 Å². The van der Waals surface area contributed by atoms with E-state index in [1.807, 2.05) is 4.90 Å². The Kier molecular flexibility index (Phi) is 3.74. The highest BCUT2D eigenvalue weighted by molar-refractivity contribution is 5.77. The number of amides is 1. The normalized spacial score (nSPS) is 23.8. The van der Waals surface area contributed by atoms with Crippen LogP contribution in [0.5, 0.6) is 0 Å². The Hall–Kier alpha value is -2.38. The lowest BCUT2D eigenvalue weighted by Crippen LogP contribution is -2.34. The maximum absolute atomic E-state index is 12.8. The first-order valence-electron chi connectivity index (χ1n) is 8.53. The summed E-state index contributed by atoms with van der Waals surface area (Å²) >= 11 is 0. The minimum Gasteiger partial charge on any atom is -0.348 e. The molecular formula is C16H22N6O2. The van der Waals surface area contributed by atoms with Gasteiger partial charge in [0.15, 0.2) is 5.82 Å². The number of H-pyrrole nitrogens is 2. The number of nitrogens with one attached hydrogen (secondary N) is 2. The van der Waals surface area contributed by atoms with E-state index < -0.39 is 0 Å². The molecule has 2 aromatic heterocycles. The van der Waals surface area contributed by atoms with Crippen molar-refractivity contribution in [2.24, 2.45) is 18.9 Å². The van der Waals surface area contributed by atoms with E-state index in [4.69, 9.17) is 0 Å². The first-order valence-corrected chi connectivity index (χ1v) is 8.53. The Morgan fingerprint density at radius 2 is 2.21 bits per heavy atom. The van der Waals surface area contributed by atoms with Crippen LogP contribution < -0.4 is 5.69 Å². The van der Waals surface area contributed by atoms with Gasteiger partial charge in [0.1, 0.15) is 0 Å². The summed E-state index contributed by atoms with van der Waals surface area (Å²) in [7, 11) is 1.72. The molecule has 8 heteroatoms. The van der Waals surface area contributed by atoms with Gasteiger partial charge in [0.25, 0.3) is 0 Å². The maximum atomic E-state index is 12.8. The maximum Gasteiger partial charge on any atom is 0.343 e. The lowest BCUT2D eigenvalue weighted by atomic mass is 9.94. The second-order valence-corrected chi connectivity index (χ2v) is 6.84. The molecule has 3 heterocycles. The molecule has 0 radical (unpaired) electrons. The van der Waals surface area contributed by atoms with Crippen LogP contribution in [0.1, 0.15) is 43.2 Å². The first kappa shape index (κ1) is 15.2. The van der Waals surface area contributed by atoms with Gasteiger partial charge in [-0.25, -0.2) is 14.9 Å². The fraction of sp³-hybridized carbons (Fsp3) is 0.625. The van der Waals surface area contributed by atoms with Crippen LogP contribution in [0, 0.1) is 11.8 Å². The fourth-order valence-corrected chi connectivity index (χ4v) is 3.88. The predicted octanol–water partition coefficient (Wildman–Crippen LogP) is 0.764. The minimum absolute atomic E-state index is 0.0873. The van der Waals surface area contributed by atoms with Gasteiger partial charge in [-0.3, -0.25) is 9.36 Å². The lowest BCUT2D eigenvalue weighted by Gasteiger charge is -2.27. The summed E-state index contributed by atoms with van der Waals surface area (Å²) in [5.74, 6) is 1.87.